The molecule has 0 aliphatic rings. The molecule has 0 aliphatic heterocycles. The Balaban J connectivity index is 0.000001000. The fourth-order valence-electron chi connectivity index (χ4n) is 0.668. The van der Waals surface area contributed by atoms with E-state index in [4.69, 9.17) is 5.21 Å². The number of nitrogens with one attached hydrogen (secondary N) is 1. The van der Waals surface area contributed by atoms with Gasteiger partial charge in [-0.3, -0.25) is 4.68 Å². The molecule has 0 atom stereocenters. The van der Waals surface area contributed by atoms with Gasteiger partial charge in [0.15, 0.2) is 0 Å². The first kappa shape index (κ1) is 10.9. The van der Waals surface area contributed by atoms with E-state index in [0.717, 1.165) is 10.3 Å². The standard InChI is InChI=1S/C5H8BrN3O.ClH/c1-9-5(6)2-4(8-9)3-7-10;/h2,7,10H,3H2,1H3;1H. The van der Waals surface area contributed by atoms with Crippen LogP contribution in [-0.2, 0) is 13.6 Å². The van der Waals surface area contributed by atoms with Crippen molar-refractivity contribution in [1.82, 2.24) is 15.3 Å². The molecule has 1 rings (SSSR count). The average Bonchev–Trinajstić information content (AvgIpc) is 2.14. The molecule has 1 heterocycles. The summed E-state index contributed by atoms with van der Waals surface area (Å²) in [6.07, 6.45) is 0. The predicted octanol–water partition coefficient (Wildman–Crippen LogP) is 1.08. The van der Waals surface area contributed by atoms with Crippen LogP contribution < -0.4 is 5.48 Å². The van der Waals surface area contributed by atoms with Gasteiger partial charge in [-0.2, -0.15) is 10.6 Å². The van der Waals surface area contributed by atoms with Crippen molar-refractivity contribution in [3.05, 3.63) is 16.4 Å². The third-order valence-corrected chi connectivity index (χ3v) is 1.88. The smallest absolute Gasteiger partial charge is 0.104 e. The van der Waals surface area contributed by atoms with Crippen LogP contribution in [0.1, 0.15) is 5.69 Å². The fraction of sp³-hybridized carbons (Fsp3) is 0.400. The minimum absolute atomic E-state index is 0. The molecule has 64 valence electrons. The highest BCUT2D eigenvalue weighted by molar-refractivity contribution is 9.10. The summed E-state index contributed by atoms with van der Waals surface area (Å²) in [5.41, 5.74) is 2.83. The number of aromatic nitrogens is 2. The van der Waals surface area contributed by atoms with Crippen LogP contribution in [0.5, 0.6) is 0 Å². The lowest BCUT2D eigenvalue weighted by Gasteiger charge is -1.89. The van der Waals surface area contributed by atoms with Crippen LogP contribution in [0.15, 0.2) is 10.7 Å². The predicted molar refractivity (Wildman–Crippen MR) is 46.8 cm³/mol. The number of halogens is 2. The van der Waals surface area contributed by atoms with Gasteiger partial charge >= 0.3 is 0 Å². The Morgan fingerprint density at radius 2 is 2.45 bits per heavy atom. The first-order valence-corrected chi connectivity index (χ1v) is 3.58. The molecule has 2 N–H and O–H groups in total. The summed E-state index contributed by atoms with van der Waals surface area (Å²) in [5.74, 6) is 0. The van der Waals surface area contributed by atoms with Crippen molar-refractivity contribution in [2.24, 2.45) is 7.05 Å². The van der Waals surface area contributed by atoms with Gasteiger partial charge in [0.25, 0.3) is 0 Å². The van der Waals surface area contributed by atoms with Crippen molar-refractivity contribution in [3.63, 3.8) is 0 Å². The van der Waals surface area contributed by atoms with Crippen LogP contribution in [0.4, 0.5) is 0 Å². The number of nitrogens with zero attached hydrogens (tertiary/aromatic N) is 2. The maximum Gasteiger partial charge on any atom is 0.104 e. The summed E-state index contributed by atoms with van der Waals surface area (Å²) >= 11 is 3.28. The van der Waals surface area contributed by atoms with Crippen LogP contribution >= 0.6 is 28.3 Å². The van der Waals surface area contributed by atoms with Crippen molar-refractivity contribution < 1.29 is 5.21 Å². The zero-order chi connectivity index (χ0) is 7.56. The van der Waals surface area contributed by atoms with E-state index >= 15 is 0 Å². The maximum atomic E-state index is 8.31. The lowest BCUT2D eigenvalue weighted by atomic mass is 10.4. The molecule has 1 aromatic rings. The number of hydrogen-bond acceptors (Lipinski definition) is 3. The number of hydroxylamine groups is 1. The highest BCUT2D eigenvalue weighted by Gasteiger charge is 1.99. The monoisotopic (exact) mass is 241 g/mol. The Kier molecular flexibility index (Phi) is 4.67. The summed E-state index contributed by atoms with van der Waals surface area (Å²) in [4.78, 5) is 0. The topological polar surface area (TPSA) is 50.1 Å². The molecule has 4 nitrogen and oxygen atoms in total. The molecule has 6 heteroatoms. The second-order valence-electron chi connectivity index (χ2n) is 1.92. The Bertz CT molecular complexity index is 208. The van der Waals surface area contributed by atoms with Gasteiger partial charge in [0.2, 0.25) is 0 Å². The third-order valence-electron chi connectivity index (χ3n) is 1.13. The van der Waals surface area contributed by atoms with Crippen LogP contribution in [0.3, 0.4) is 0 Å². The van der Waals surface area contributed by atoms with Crippen molar-refractivity contribution >= 4 is 28.3 Å². The fourth-order valence-corrected chi connectivity index (χ4v) is 1.01. The molecule has 0 aromatic carbocycles. The molecular formula is C5H9BrClN3O. The van der Waals surface area contributed by atoms with Crippen LogP contribution in [0, 0.1) is 0 Å². The zero-order valence-electron chi connectivity index (χ0n) is 5.91. The largest absolute Gasteiger partial charge is 0.316 e. The van der Waals surface area contributed by atoms with E-state index < -0.39 is 0 Å². The SMILES string of the molecule is Cl.Cn1nc(CNO)cc1Br. The molecule has 1 aromatic heterocycles. The van der Waals surface area contributed by atoms with Crippen molar-refractivity contribution in [2.45, 2.75) is 6.54 Å². The van der Waals surface area contributed by atoms with E-state index in [1.807, 2.05) is 18.6 Å². The van der Waals surface area contributed by atoms with Gasteiger partial charge < -0.3 is 5.21 Å². The number of hydrogen-bond donors (Lipinski definition) is 2. The lowest BCUT2D eigenvalue weighted by Crippen LogP contribution is -2.06. The first-order chi connectivity index (χ1) is 4.74. The molecule has 0 aliphatic carbocycles. The van der Waals surface area contributed by atoms with Crippen LogP contribution in [0.2, 0.25) is 0 Å². The molecular weight excluding hydrogens is 233 g/mol. The van der Waals surface area contributed by atoms with Gasteiger partial charge in [-0.1, -0.05) is 0 Å². The Hall–Kier alpha value is -0.100. The summed E-state index contributed by atoms with van der Waals surface area (Å²) in [6.45, 7) is 0.374. The number of rotatable bonds is 2. The lowest BCUT2D eigenvalue weighted by molar-refractivity contribution is 0.160. The highest BCUT2D eigenvalue weighted by atomic mass is 79.9. The Morgan fingerprint density at radius 1 is 1.82 bits per heavy atom. The second-order valence-corrected chi connectivity index (χ2v) is 2.73. The van der Waals surface area contributed by atoms with Gasteiger partial charge in [-0.25, -0.2) is 0 Å². The highest BCUT2D eigenvalue weighted by Crippen LogP contribution is 2.09. The molecule has 0 radical (unpaired) electrons. The Labute approximate surface area is 79.1 Å². The van der Waals surface area contributed by atoms with Gasteiger partial charge in [0.05, 0.1) is 12.2 Å². The average molecular weight is 243 g/mol. The van der Waals surface area contributed by atoms with Crippen molar-refractivity contribution in [1.29, 1.82) is 0 Å². The van der Waals surface area contributed by atoms with Gasteiger partial charge in [0.1, 0.15) is 4.60 Å². The third kappa shape index (κ3) is 2.78. The van der Waals surface area contributed by atoms with E-state index in [-0.39, 0.29) is 12.4 Å². The van der Waals surface area contributed by atoms with Gasteiger partial charge in [0, 0.05) is 7.05 Å². The molecule has 0 amide bonds. The van der Waals surface area contributed by atoms with Crippen molar-refractivity contribution in [2.75, 3.05) is 0 Å². The molecule has 0 saturated carbocycles. The first-order valence-electron chi connectivity index (χ1n) is 2.79. The molecule has 0 spiro atoms. The van der Waals surface area contributed by atoms with Gasteiger partial charge in [-0.05, 0) is 22.0 Å². The van der Waals surface area contributed by atoms with E-state index in [0.29, 0.717) is 6.54 Å². The summed E-state index contributed by atoms with van der Waals surface area (Å²) in [7, 11) is 1.82. The van der Waals surface area contributed by atoms with Gasteiger partial charge in [-0.15, -0.1) is 12.4 Å². The molecule has 0 saturated heterocycles. The summed E-state index contributed by atoms with van der Waals surface area (Å²) in [5, 5.41) is 12.4. The minimum Gasteiger partial charge on any atom is -0.316 e. The Morgan fingerprint density at radius 3 is 2.82 bits per heavy atom. The molecule has 0 bridgehead atoms. The second kappa shape index (κ2) is 4.71. The van der Waals surface area contributed by atoms with E-state index in [1.54, 1.807) is 4.68 Å². The van der Waals surface area contributed by atoms with E-state index in [9.17, 15) is 0 Å². The zero-order valence-corrected chi connectivity index (χ0v) is 8.31. The minimum atomic E-state index is 0. The number of aryl methyl sites for hydroxylation is 1. The van der Waals surface area contributed by atoms with Crippen molar-refractivity contribution in [3.8, 4) is 0 Å². The summed E-state index contributed by atoms with van der Waals surface area (Å²) < 4.78 is 2.59. The molecule has 0 fully saturated rings. The van der Waals surface area contributed by atoms with Crippen LogP contribution in [-0.4, -0.2) is 15.0 Å². The van der Waals surface area contributed by atoms with E-state index in [1.165, 1.54) is 0 Å². The normalized spacial score (nSPS) is 9.36. The quantitative estimate of drug-likeness (QED) is 0.763. The maximum absolute atomic E-state index is 8.31. The summed E-state index contributed by atoms with van der Waals surface area (Å²) in [6, 6.07) is 1.84. The van der Waals surface area contributed by atoms with E-state index in [2.05, 4.69) is 21.0 Å². The van der Waals surface area contributed by atoms with Crippen LogP contribution in [0.25, 0.3) is 0 Å². The molecule has 11 heavy (non-hydrogen) atoms. The molecule has 0 unspecified atom stereocenters.